The molecular weight excluding hydrogens is 326 g/mol. The molecule has 0 spiro atoms. The Labute approximate surface area is 123 Å². The van der Waals surface area contributed by atoms with Crippen LogP contribution in [0.15, 0.2) is 46.9 Å². The summed E-state index contributed by atoms with van der Waals surface area (Å²) >= 11 is 3.13. The molecule has 5 nitrogen and oxygen atoms in total. The molecule has 2 aromatic carbocycles. The number of benzene rings is 2. The van der Waals surface area contributed by atoms with Gasteiger partial charge < -0.3 is 4.74 Å². The monoisotopic (exact) mass is 335 g/mol. The van der Waals surface area contributed by atoms with Crippen LogP contribution >= 0.6 is 15.9 Å². The number of hydrogen-bond donors (Lipinski definition) is 0. The molecule has 6 heteroatoms. The van der Waals surface area contributed by atoms with Crippen molar-refractivity contribution >= 4 is 27.6 Å². The van der Waals surface area contributed by atoms with Crippen molar-refractivity contribution < 1.29 is 14.5 Å². The number of hydrogen-bond acceptors (Lipinski definition) is 4. The highest BCUT2D eigenvalue weighted by Crippen LogP contribution is 2.36. The molecule has 0 aliphatic heterocycles. The number of nitro benzene ring substituents is 1. The molecule has 0 heterocycles. The fourth-order valence-electron chi connectivity index (χ4n) is 1.87. The molecule has 2 aromatic rings. The third kappa shape index (κ3) is 2.55. The molecule has 0 fully saturated rings. The summed E-state index contributed by atoms with van der Waals surface area (Å²) in [5.74, 6) is -0.626. The molecule has 0 saturated carbocycles. The molecule has 0 saturated heterocycles. The fourth-order valence-corrected chi connectivity index (χ4v) is 2.52. The smallest absolute Gasteiger partial charge is 0.339 e. The lowest BCUT2D eigenvalue weighted by atomic mass is 9.99. The van der Waals surface area contributed by atoms with Gasteiger partial charge in [0.1, 0.15) is 4.47 Å². The van der Waals surface area contributed by atoms with Gasteiger partial charge in [-0.1, -0.05) is 30.3 Å². The van der Waals surface area contributed by atoms with Gasteiger partial charge in [-0.05, 0) is 33.1 Å². The summed E-state index contributed by atoms with van der Waals surface area (Å²) in [7, 11) is 1.24. The summed E-state index contributed by atoms with van der Waals surface area (Å²) in [6.07, 6.45) is 0. The average molecular weight is 336 g/mol. The number of carbonyl (C=O) groups excluding carboxylic acids is 1. The largest absolute Gasteiger partial charge is 0.465 e. The lowest BCUT2D eigenvalue weighted by molar-refractivity contribution is -0.385. The third-order valence-corrected chi connectivity index (χ3v) is 3.60. The summed E-state index contributed by atoms with van der Waals surface area (Å²) < 4.78 is 4.84. The number of nitro groups is 1. The topological polar surface area (TPSA) is 69.4 Å². The average Bonchev–Trinajstić information content (AvgIpc) is 2.46. The highest BCUT2D eigenvalue weighted by Gasteiger charge is 2.24. The molecule has 0 aromatic heterocycles. The van der Waals surface area contributed by atoms with Crippen LogP contribution in [-0.2, 0) is 4.74 Å². The number of nitrogens with zero attached hydrogens (tertiary/aromatic N) is 1. The molecular formula is C14H10BrNO4. The van der Waals surface area contributed by atoms with E-state index in [1.54, 1.807) is 6.07 Å². The Hall–Kier alpha value is -2.21. The van der Waals surface area contributed by atoms with E-state index in [2.05, 4.69) is 15.9 Å². The van der Waals surface area contributed by atoms with Crippen LogP contribution in [0.4, 0.5) is 5.69 Å². The summed E-state index contributed by atoms with van der Waals surface area (Å²) in [5.41, 5.74) is 1.33. The number of rotatable bonds is 3. The normalized spacial score (nSPS) is 10.1. The molecule has 0 bridgehead atoms. The molecule has 20 heavy (non-hydrogen) atoms. The number of esters is 1. The van der Waals surface area contributed by atoms with Crippen molar-refractivity contribution in [3.05, 3.63) is 62.6 Å². The SMILES string of the molecule is COC(=O)c1c(-c2ccccc2)ccc([N+](=O)[O-])c1Br. The maximum Gasteiger partial charge on any atom is 0.339 e. The first-order chi connectivity index (χ1) is 9.56. The van der Waals surface area contributed by atoms with E-state index >= 15 is 0 Å². The van der Waals surface area contributed by atoms with E-state index < -0.39 is 10.9 Å². The fraction of sp³-hybridized carbons (Fsp3) is 0.0714. The lowest BCUT2D eigenvalue weighted by Crippen LogP contribution is -2.06. The predicted molar refractivity (Wildman–Crippen MR) is 77.6 cm³/mol. The van der Waals surface area contributed by atoms with Crippen LogP contribution in [0.1, 0.15) is 10.4 Å². The van der Waals surface area contributed by atoms with Crippen LogP contribution in [0.5, 0.6) is 0 Å². The zero-order chi connectivity index (χ0) is 14.7. The Morgan fingerprint density at radius 2 is 1.85 bits per heavy atom. The number of halogens is 1. The van der Waals surface area contributed by atoms with Crippen LogP contribution in [0.3, 0.4) is 0 Å². The van der Waals surface area contributed by atoms with Gasteiger partial charge in [-0.25, -0.2) is 4.79 Å². The van der Waals surface area contributed by atoms with Crippen LogP contribution in [0.2, 0.25) is 0 Å². The van der Waals surface area contributed by atoms with E-state index in [1.807, 2.05) is 30.3 Å². The Balaban J connectivity index is 2.73. The van der Waals surface area contributed by atoms with Gasteiger partial charge in [-0.2, -0.15) is 0 Å². The standard InChI is InChI=1S/C14H10BrNO4/c1-20-14(17)12-10(9-5-3-2-4-6-9)7-8-11(13(12)15)16(18)19/h2-8H,1H3. The van der Waals surface area contributed by atoms with E-state index in [0.717, 1.165) is 5.56 Å². The van der Waals surface area contributed by atoms with E-state index in [4.69, 9.17) is 4.74 Å². The van der Waals surface area contributed by atoms with Crippen LogP contribution in [0.25, 0.3) is 11.1 Å². The third-order valence-electron chi connectivity index (χ3n) is 2.79. The van der Waals surface area contributed by atoms with Crippen molar-refractivity contribution in [3.63, 3.8) is 0 Å². The van der Waals surface area contributed by atoms with Crippen molar-refractivity contribution in [2.45, 2.75) is 0 Å². The molecule has 0 unspecified atom stereocenters. The zero-order valence-corrected chi connectivity index (χ0v) is 12.1. The number of methoxy groups -OCH3 is 1. The molecule has 0 atom stereocenters. The van der Waals surface area contributed by atoms with Crippen LogP contribution in [0, 0.1) is 10.1 Å². The quantitative estimate of drug-likeness (QED) is 0.485. The highest BCUT2D eigenvalue weighted by molar-refractivity contribution is 9.10. The number of ether oxygens (including phenoxy) is 1. The molecule has 0 amide bonds. The minimum Gasteiger partial charge on any atom is -0.465 e. The molecule has 2 rings (SSSR count). The minimum atomic E-state index is -0.626. The lowest BCUT2D eigenvalue weighted by Gasteiger charge is -2.10. The molecule has 0 aliphatic rings. The molecule has 0 aliphatic carbocycles. The first-order valence-electron chi connectivity index (χ1n) is 5.67. The van der Waals surface area contributed by atoms with E-state index in [1.165, 1.54) is 13.2 Å². The first-order valence-corrected chi connectivity index (χ1v) is 6.46. The molecule has 0 radical (unpaired) electrons. The Morgan fingerprint density at radius 3 is 2.40 bits per heavy atom. The van der Waals surface area contributed by atoms with Gasteiger partial charge >= 0.3 is 5.97 Å². The van der Waals surface area contributed by atoms with Gasteiger partial charge in [0.05, 0.1) is 17.6 Å². The minimum absolute atomic E-state index is 0.121. The Kier molecular flexibility index (Phi) is 4.14. The van der Waals surface area contributed by atoms with Crippen molar-refractivity contribution in [2.24, 2.45) is 0 Å². The Bertz CT molecular complexity index is 670. The maximum absolute atomic E-state index is 11.9. The summed E-state index contributed by atoms with van der Waals surface area (Å²) in [5, 5.41) is 11.0. The highest BCUT2D eigenvalue weighted by atomic mass is 79.9. The summed E-state index contributed by atoms with van der Waals surface area (Å²) in [6, 6.07) is 12.0. The van der Waals surface area contributed by atoms with Gasteiger partial charge in [0, 0.05) is 6.07 Å². The van der Waals surface area contributed by atoms with Crippen LogP contribution < -0.4 is 0 Å². The first kappa shape index (κ1) is 14.2. The van der Waals surface area contributed by atoms with Crippen molar-refractivity contribution in [2.75, 3.05) is 7.11 Å². The zero-order valence-electron chi connectivity index (χ0n) is 10.5. The van der Waals surface area contributed by atoms with E-state index in [-0.39, 0.29) is 15.7 Å². The van der Waals surface area contributed by atoms with Crippen molar-refractivity contribution in [3.8, 4) is 11.1 Å². The molecule has 0 N–H and O–H groups in total. The second kappa shape index (κ2) is 5.83. The molecule has 102 valence electrons. The maximum atomic E-state index is 11.9. The summed E-state index contributed by atoms with van der Waals surface area (Å²) in [4.78, 5) is 22.3. The number of carbonyl (C=O) groups is 1. The second-order valence-electron chi connectivity index (χ2n) is 3.94. The van der Waals surface area contributed by atoms with E-state index in [9.17, 15) is 14.9 Å². The predicted octanol–water partition coefficient (Wildman–Crippen LogP) is 3.81. The van der Waals surface area contributed by atoms with Gasteiger partial charge in [-0.3, -0.25) is 10.1 Å². The summed E-state index contributed by atoms with van der Waals surface area (Å²) in [6.45, 7) is 0. The van der Waals surface area contributed by atoms with E-state index in [0.29, 0.717) is 5.56 Å². The van der Waals surface area contributed by atoms with Gasteiger partial charge in [0.15, 0.2) is 0 Å². The van der Waals surface area contributed by atoms with Gasteiger partial charge in [0.2, 0.25) is 0 Å². The van der Waals surface area contributed by atoms with Crippen molar-refractivity contribution in [1.82, 2.24) is 0 Å². The van der Waals surface area contributed by atoms with Gasteiger partial charge in [0.25, 0.3) is 5.69 Å². The second-order valence-corrected chi connectivity index (χ2v) is 4.73. The Morgan fingerprint density at radius 1 is 1.20 bits per heavy atom. The van der Waals surface area contributed by atoms with Gasteiger partial charge in [-0.15, -0.1) is 0 Å². The van der Waals surface area contributed by atoms with Crippen molar-refractivity contribution in [1.29, 1.82) is 0 Å². The van der Waals surface area contributed by atoms with Crippen LogP contribution in [-0.4, -0.2) is 18.0 Å².